The van der Waals surface area contributed by atoms with Crippen LogP contribution in [0.3, 0.4) is 0 Å². The molecule has 1 aromatic rings. The van der Waals surface area contributed by atoms with Crippen molar-refractivity contribution in [1.29, 1.82) is 0 Å². The van der Waals surface area contributed by atoms with E-state index in [1.807, 2.05) is 13.0 Å². The first-order valence-electron chi connectivity index (χ1n) is 5.53. The van der Waals surface area contributed by atoms with Crippen molar-refractivity contribution in [3.05, 3.63) is 34.4 Å². The number of hydrogen-bond donors (Lipinski definition) is 0. The van der Waals surface area contributed by atoms with Crippen LogP contribution in [0.2, 0.25) is 0 Å². The van der Waals surface area contributed by atoms with Gasteiger partial charge in [0.05, 0.1) is 5.56 Å². The molecule has 0 N–H and O–H groups in total. The van der Waals surface area contributed by atoms with E-state index in [-0.39, 0.29) is 5.97 Å². The summed E-state index contributed by atoms with van der Waals surface area (Å²) in [7, 11) is 0. The number of rotatable bonds is 3. The van der Waals surface area contributed by atoms with Crippen LogP contribution in [0, 0.1) is 6.92 Å². The van der Waals surface area contributed by atoms with Crippen molar-refractivity contribution >= 4 is 23.2 Å². The molecule has 0 amide bonds. The van der Waals surface area contributed by atoms with Gasteiger partial charge in [-0.25, -0.2) is 4.79 Å². The van der Waals surface area contributed by atoms with Crippen LogP contribution in [0.5, 0.6) is 0 Å². The first-order valence-corrected chi connectivity index (χ1v) is 5.94. The normalized spacial score (nSPS) is 13.9. The molecule has 0 atom stereocenters. The van der Waals surface area contributed by atoms with E-state index in [1.54, 1.807) is 0 Å². The number of thiocarbonyl (C=S) groups is 1. The average molecular weight is 234 g/mol. The van der Waals surface area contributed by atoms with Gasteiger partial charge >= 0.3 is 5.97 Å². The highest BCUT2D eigenvalue weighted by Gasteiger charge is 2.28. The van der Waals surface area contributed by atoms with Crippen molar-refractivity contribution < 1.29 is 9.53 Å². The van der Waals surface area contributed by atoms with Crippen LogP contribution in [0.15, 0.2) is 12.1 Å². The van der Waals surface area contributed by atoms with Crippen LogP contribution < -0.4 is 0 Å². The van der Waals surface area contributed by atoms with E-state index >= 15 is 0 Å². The molecule has 0 unspecified atom stereocenters. The molecule has 1 heterocycles. The number of ether oxygens (including phenoxy) is 1. The number of carbonyl (C=O) groups is 1. The largest absolute Gasteiger partial charge is 0.410 e. The van der Waals surface area contributed by atoms with E-state index in [0.29, 0.717) is 10.6 Å². The highest BCUT2D eigenvalue weighted by Crippen LogP contribution is 2.26. The zero-order chi connectivity index (χ0) is 11.7. The summed E-state index contributed by atoms with van der Waals surface area (Å²) >= 11 is 5.04. The molecule has 0 saturated heterocycles. The molecule has 0 aliphatic carbocycles. The third-order valence-electron chi connectivity index (χ3n) is 2.82. The molecule has 1 aliphatic heterocycles. The fourth-order valence-electron chi connectivity index (χ4n) is 2.01. The average Bonchev–Trinajstić information content (AvgIpc) is 2.52. The Bertz CT molecular complexity index is 463. The molecular formula is C13H14O2S. The second-order valence-electron chi connectivity index (χ2n) is 4.12. The predicted molar refractivity (Wildman–Crippen MR) is 66.9 cm³/mol. The Morgan fingerprint density at radius 2 is 2.12 bits per heavy atom. The quantitative estimate of drug-likeness (QED) is 0.593. The van der Waals surface area contributed by atoms with Gasteiger partial charge in [0.1, 0.15) is 0 Å². The summed E-state index contributed by atoms with van der Waals surface area (Å²) in [6.07, 6.45) is 3.34. The van der Waals surface area contributed by atoms with E-state index in [9.17, 15) is 4.79 Å². The van der Waals surface area contributed by atoms with Gasteiger partial charge in [-0.05, 0) is 49.2 Å². The van der Waals surface area contributed by atoms with Gasteiger partial charge in [-0.3, -0.25) is 0 Å². The van der Waals surface area contributed by atoms with Crippen LogP contribution in [0.25, 0.3) is 0 Å². The Morgan fingerprint density at radius 1 is 1.38 bits per heavy atom. The lowest BCUT2D eigenvalue weighted by Gasteiger charge is -2.05. The number of aryl methyl sites for hydroxylation is 2. The van der Waals surface area contributed by atoms with Gasteiger partial charge in [-0.2, -0.15) is 0 Å². The number of carbonyl (C=O) groups excluding carboxylic acids is 1. The molecule has 2 nitrogen and oxygen atoms in total. The fourth-order valence-corrected chi connectivity index (χ4v) is 2.25. The molecule has 0 fully saturated rings. The van der Waals surface area contributed by atoms with Crippen molar-refractivity contribution in [3.8, 4) is 0 Å². The fraction of sp³-hybridized carbons (Fsp3) is 0.385. The monoisotopic (exact) mass is 234 g/mol. The van der Waals surface area contributed by atoms with Gasteiger partial charge in [0.15, 0.2) is 0 Å². The van der Waals surface area contributed by atoms with Crippen LogP contribution in [-0.2, 0) is 11.2 Å². The smallest absolute Gasteiger partial charge is 0.345 e. The lowest BCUT2D eigenvalue weighted by Crippen LogP contribution is -1.98. The summed E-state index contributed by atoms with van der Waals surface area (Å²) in [4.78, 5) is 11.5. The van der Waals surface area contributed by atoms with Gasteiger partial charge in [0.25, 0.3) is 0 Å². The molecular weight excluding hydrogens is 220 g/mol. The van der Waals surface area contributed by atoms with Crippen molar-refractivity contribution in [2.75, 3.05) is 0 Å². The molecule has 0 aromatic heterocycles. The molecule has 0 bridgehead atoms. The summed E-state index contributed by atoms with van der Waals surface area (Å²) in [5, 5.41) is 0.321. The maximum absolute atomic E-state index is 11.5. The van der Waals surface area contributed by atoms with Crippen LogP contribution in [0.4, 0.5) is 0 Å². The maximum Gasteiger partial charge on any atom is 0.345 e. The number of unbranched alkanes of at least 4 members (excludes halogenated alkanes) is 1. The highest BCUT2D eigenvalue weighted by molar-refractivity contribution is 7.80. The summed E-state index contributed by atoms with van der Waals surface area (Å²) in [6.45, 7) is 4.10. The molecule has 0 spiro atoms. The molecule has 1 aliphatic rings. The second kappa shape index (κ2) is 4.34. The summed E-state index contributed by atoms with van der Waals surface area (Å²) in [6, 6.07) is 4.05. The maximum atomic E-state index is 11.5. The Kier molecular flexibility index (Phi) is 3.06. The lowest BCUT2D eigenvalue weighted by molar-refractivity contribution is 0.0741. The van der Waals surface area contributed by atoms with Crippen LogP contribution in [-0.4, -0.2) is 11.0 Å². The van der Waals surface area contributed by atoms with E-state index < -0.39 is 0 Å². The first kappa shape index (κ1) is 11.3. The zero-order valence-electron chi connectivity index (χ0n) is 9.50. The number of benzene rings is 1. The van der Waals surface area contributed by atoms with Gasteiger partial charge in [-0.15, -0.1) is 0 Å². The van der Waals surface area contributed by atoms with E-state index in [1.165, 1.54) is 5.56 Å². The molecule has 84 valence electrons. The molecule has 0 saturated carbocycles. The van der Waals surface area contributed by atoms with Crippen molar-refractivity contribution in [1.82, 2.24) is 0 Å². The molecule has 2 rings (SSSR count). The summed E-state index contributed by atoms with van der Waals surface area (Å²) < 4.78 is 4.96. The second-order valence-corrected chi connectivity index (χ2v) is 4.49. The first-order chi connectivity index (χ1) is 7.63. The number of fused-ring (bicyclic) bond motifs is 1. The van der Waals surface area contributed by atoms with Crippen LogP contribution in [0.1, 0.15) is 46.8 Å². The minimum Gasteiger partial charge on any atom is -0.410 e. The zero-order valence-corrected chi connectivity index (χ0v) is 10.3. The Balaban J connectivity index is 2.42. The Morgan fingerprint density at radius 3 is 2.81 bits per heavy atom. The number of esters is 1. The van der Waals surface area contributed by atoms with Gasteiger partial charge in [0.2, 0.25) is 5.05 Å². The lowest BCUT2D eigenvalue weighted by atomic mass is 9.97. The Labute approximate surface area is 101 Å². The summed E-state index contributed by atoms with van der Waals surface area (Å²) in [5.41, 5.74) is 3.64. The third-order valence-corrected chi connectivity index (χ3v) is 3.13. The Hall–Kier alpha value is -1.22. The third kappa shape index (κ3) is 1.87. The SMILES string of the molecule is CCCCc1cc(C)c2c(c1)C(=S)OC2=O. The predicted octanol–water partition coefficient (Wildman–Crippen LogP) is 3.18. The number of cyclic esters (lactones) is 1. The standard InChI is InChI=1S/C13H14O2S/c1-3-4-5-9-6-8(2)11-10(7-9)13(16)15-12(11)14/h6-7H,3-5H2,1-2H3. The van der Waals surface area contributed by atoms with Crippen molar-refractivity contribution in [2.45, 2.75) is 33.1 Å². The van der Waals surface area contributed by atoms with E-state index in [4.69, 9.17) is 17.0 Å². The topological polar surface area (TPSA) is 26.3 Å². The molecule has 3 heteroatoms. The van der Waals surface area contributed by atoms with Gasteiger partial charge in [0, 0.05) is 5.56 Å². The molecule has 16 heavy (non-hydrogen) atoms. The van der Waals surface area contributed by atoms with Crippen molar-refractivity contribution in [3.63, 3.8) is 0 Å². The van der Waals surface area contributed by atoms with Crippen LogP contribution >= 0.6 is 12.2 Å². The van der Waals surface area contributed by atoms with E-state index in [0.717, 1.165) is 30.4 Å². The summed E-state index contributed by atoms with van der Waals surface area (Å²) in [5.74, 6) is -0.306. The number of hydrogen-bond acceptors (Lipinski definition) is 3. The highest BCUT2D eigenvalue weighted by atomic mass is 32.1. The van der Waals surface area contributed by atoms with E-state index in [2.05, 4.69) is 13.0 Å². The minimum atomic E-state index is -0.306. The molecule has 0 radical (unpaired) electrons. The van der Waals surface area contributed by atoms with Gasteiger partial charge in [-0.1, -0.05) is 19.4 Å². The van der Waals surface area contributed by atoms with Crippen molar-refractivity contribution in [2.24, 2.45) is 0 Å². The minimum absolute atomic E-state index is 0.306. The molecule has 1 aromatic carbocycles. The van der Waals surface area contributed by atoms with Gasteiger partial charge < -0.3 is 4.74 Å².